The van der Waals surface area contributed by atoms with Crippen molar-refractivity contribution >= 4 is 43.9 Å². The van der Waals surface area contributed by atoms with Crippen molar-refractivity contribution in [3.05, 3.63) is 47.5 Å². The first-order valence-corrected chi connectivity index (χ1v) is 10.6. The summed E-state index contributed by atoms with van der Waals surface area (Å²) < 4.78 is 38.0. The Hall–Kier alpha value is -2.36. The molecule has 1 aromatic carbocycles. The zero-order valence-corrected chi connectivity index (χ0v) is 16.6. The van der Waals surface area contributed by atoms with Gasteiger partial charge >= 0.3 is 5.97 Å². The largest absolute Gasteiger partial charge is 0.461 e. The van der Waals surface area contributed by atoms with E-state index in [2.05, 4.69) is 4.98 Å². The van der Waals surface area contributed by atoms with Gasteiger partial charge in [-0.05, 0) is 30.5 Å². The molecule has 0 radical (unpaired) electrons. The SMILES string of the molecule is CCOC(=O)c1cc2cccc(N(CCOC)S(=O)(=O)c3cccs3)c2[nH]1. The lowest BCUT2D eigenvalue weighted by Gasteiger charge is -2.24. The summed E-state index contributed by atoms with van der Waals surface area (Å²) in [4.78, 5) is 15.1. The molecule has 1 N–H and O–H groups in total. The minimum Gasteiger partial charge on any atom is -0.461 e. The molecule has 0 bridgehead atoms. The molecule has 0 aliphatic carbocycles. The van der Waals surface area contributed by atoms with E-state index in [0.717, 1.165) is 16.7 Å². The van der Waals surface area contributed by atoms with Crippen LogP contribution in [0.3, 0.4) is 0 Å². The van der Waals surface area contributed by atoms with Gasteiger partial charge in [-0.1, -0.05) is 18.2 Å². The number of thiophene rings is 1. The Morgan fingerprint density at radius 3 is 2.74 bits per heavy atom. The molecule has 0 spiro atoms. The van der Waals surface area contributed by atoms with Crippen LogP contribution in [0.1, 0.15) is 17.4 Å². The molecule has 0 aliphatic heterocycles. The van der Waals surface area contributed by atoms with Gasteiger partial charge in [0.1, 0.15) is 9.90 Å². The van der Waals surface area contributed by atoms with E-state index in [9.17, 15) is 13.2 Å². The van der Waals surface area contributed by atoms with Crippen molar-refractivity contribution in [3.63, 3.8) is 0 Å². The van der Waals surface area contributed by atoms with Crippen LogP contribution in [0.15, 0.2) is 46.0 Å². The fourth-order valence-electron chi connectivity index (χ4n) is 2.73. The van der Waals surface area contributed by atoms with Crippen molar-refractivity contribution in [2.45, 2.75) is 11.1 Å². The van der Waals surface area contributed by atoms with Crippen LogP contribution < -0.4 is 4.31 Å². The van der Waals surface area contributed by atoms with Crippen molar-refractivity contribution in [3.8, 4) is 0 Å². The second-order valence-electron chi connectivity index (χ2n) is 5.65. The highest BCUT2D eigenvalue weighted by Gasteiger charge is 2.28. The van der Waals surface area contributed by atoms with Gasteiger partial charge in [0.05, 0.1) is 31.0 Å². The second kappa shape index (κ2) is 8.12. The van der Waals surface area contributed by atoms with Crippen LogP contribution in [0, 0.1) is 0 Å². The zero-order chi connectivity index (χ0) is 19.4. The molecule has 0 unspecified atom stereocenters. The van der Waals surface area contributed by atoms with Crippen molar-refractivity contribution < 1.29 is 22.7 Å². The molecule has 0 aliphatic rings. The molecule has 7 nitrogen and oxygen atoms in total. The monoisotopic (exact) mass is 408 g/mol. The average molecular weight is 409 g/mol. The van der Waals surface area contributed by atoms with E-state index < -0.39 is 16.0 Å². The molecule has 144 valence electrons. The summed E-state index contributed by atoms with van der Waals surface area (Å²) in [5, 5.41) is 2.44. The summed E-state index contributed by atoms with van der Waals surface area (Å²) in [6.45, 7) is 2.36. The van der Waals surface area contributed by atoms with Crippen molar-refractivity contribution in [1.29, 1.82) is 0 Å². The van der Waals surface area contributed by atoms with Gasteiger partial charge in [-0.25, -0.2) is 13.2 Å². The van der Waals surface area contributed by atoms with Gasteiger partial charge in [0.2, 0.25) is 0 Å². The van der Waals surface area contributed by atoms with Crippen LogP contribution in [-0.2, 0) is 19.5 Å². The minimum atomic E-state index is -3.76. The first kappa shape index (κ1) is 19.4. The van der Waals surface area contributed by atoms with Crippen LogP contribution in [0.2, 0.25) is 0 Å². The van der Waals surface area contributed by atoms with E-state index in [1.807, 2.05) is 6.07 Å². The number of hydrogen-bond acceptors (Lipinski definition) is 6. The van der Waals surface area contributed by atoms with Crippen LogP contribution in [0.5, 0.6) is 0 Å². The Bertz CT molecular complexity index is 1030. The average Bonchev–Trinajstić information content (AvgIpc) is 3.32. The Morgan fingerprint density at radius 1 is 1.26 bits per heavy atom. The number of nitrogens with zero attached hydrogens (tertiary/aromatic N) is 1. The number of ether oxygens (including phenoxy) is 2. The number of para-hydroxylation sites is 1. The Morgan fingerprint density at radius 2 is 2.07 bits per heavy atom. The van der Waals surface area contributed by atoms with Crippen molar-refractivity contribution in [2.24, 2.45) is 0 Å². The third kappa shape index (κ3) is 3.85. The molecule has 0 amide bonds. The lowest BCUT2D eigenvalue weighted by Crippen LogP contribution is -2.33. The third-order valence-corrected chi connectivity index (χ3v) is 7.12. The van der Waals surface area contributed by atoms with E-state index in [0.29, 0.717) is 11.2 Å². The highest BCUT2D eigenvalue weighted by atomic mass is 32.2. The number of methoxy groups -OCH3 is 1. The minimum absolute atomic E-state index is 0.142. The van der Waals surface area contributed by atoms with Gasteiger partial charge in [-0.3, -0.25) is 4.31 Å². The van der Waals surface area contributed by atoms with E-state index in [-0.39, 0.29) is 29.7 Å². The predicted molar refractivity (Wildman–Crippen MR) is 105 cm³/mol. The number of H-pyrrole nitrogens is 1. The number of rotatable bonds is 8. The number of nitrogens with one attached hydrogen (secondary N) is 1. The maximum absolute atomic E-state index is 13.2. The molecular formula is C18H20N2O5S2. The van der Waals surface area contributed by atoms with Gasteiger partial charge in [0, 0.05) is 12.5 Å². The van der Waals surface area contributed by atoms with Gasteiger partial charge in [-0.15, -0.1) is 11.3 Å². The zero-order valence-electron chi connectivity index (χ0n) is 15.0. The van der Waals surface area contributed by atoms with Crippen molar-refractivity contribution in [1.82, 2.24) is 4.98 Å². The van der Waals surface area contributed by atoms with Gasteiger partial charge in [0.15, 0.2) is 0 Å². The summed E-state index contributed by atoms with van der Waals surface area (Å²) in [7, 11) is -2.24. The summed E-state index contributed by atoms with van der Waals surface area (Å²) in [5.74, 6) is -0.482. The molecule has 0 atom stereocenters. The first-order valence-electron chi connectivity index (χ1n) is 8.33. The van der Waals surface area contributed by atoms with Gasteiger partial charge in [0.25, 0.3) is 10.0 Å². The molecule has 9 heteroatoms. The molecule has 0 saturated carbocycles. The maximum Gasteiger partial charge on any atom is 0.354 e. The number of carbonyl (C=O) groups excluding carboxylic acids is 1. The topological polar surface area (TPSA) is 88.7 Å². The fraction of sp³-hybridized carbons (Fsp3) is 0.278. The van der Waals surface area contributed by atoms with E-state index in [4.69, 9.17) is 9.47 Å². The molecule has 3 rings (SSSR count). The van der Waals surface area contributed by atoms with E-state index in [1.165, 1.54) is 11.4 Å². The maximum atomic E-state index is 13.2. The number of fused-ring (bicyclic) bond motifs is 1. The summed E-state index contributed by atoms with van der Waals surface area (Å²) >= 11 is 1.15. The second-order valence-corrected chi connectivity index (χ2v) is 8.68. The molecule has 3 aromatic rings. The number of esters is 1. The smallest absolute Gasteiger partial charge is 0.354 e. The fourth-order valence-corrected chi connectivity index (χ4v) is 5.30. The normalized spacial score (nSPS) is 11.6. The Labute approximate surface area is 161 Å². The first-order chi connectivity index (χ1) is 13.0. The highest BCUT2D eigenvalue weighted by molar-refractivity contribution is 7.94. The third-order valence-electron chi connectivity index (χ3n) is 3.94. The van der Waals surface area contributed by atoms with Crippen LogP contribution >= 0.6 is 11.3 Å². The molecular weight excluding hydrogens is 388 g/mol. The Balaban J connectivity index is 2.12. The summed E-state index contributed by atoms with van der Waals surface area (Å²) in [6.07, 6.45) is 0. The standard InChI is InChI=1S/C18H20N2O5S2/c1-3-25-18(21)14-12-13-6-4-7-15(17(13)19-14)20(9-10-24-2)27(22,23)16-8-5-11-26-16/h4-8,11-12,19H,3,9-10H2,1-2H3. The van der Waals surface area contributed by atoms with Crippen LogP contribution in [-0.4, -0.2) is 46.2 Å². The number of aromatic amines is 1. The summed E-state index contributed by atoms with van der Waals surface area (Å²) in [6, 6.07) is 10.2. The van der Waals surface area contributed by atoms with Crippen LogP contribution in [0.25, 0.3) is 10.9 Å². The number of anilines is 1. The molecule has 0 fully saturated rings. The molecule has 2 aromatic heterocycles. The lowest BCUT2D eigenvalue weighted by atomic mass is 10.2. The number of carbonyl (C=O) groups is 1. The molecule has 2 heterocycles. The van der Waals surface area contributed by atoms with E-state index >= 15 is 0 Å². The number of sulfonamides is 1. The van der Waals surface area contributed by atoms with E-state index in [1.54, 1.807) is 42.6 Å². The van der Waals surface area contributed by atoms with Gasteiger partial charge in [-0.2, -0.15) is 0 Å². The highest BCUT2D eigenvalue weighted by Crippen LogP contribution is 2.32. The number of hydrogen-bond donors (Lipinski definition) is 1. The van der Waals surface area contributed by atoms with Crippen LogP contribution in [0.4, 0.5) is 5.69 Å². The van der Waals surface area contributed by atoms with Gasteiger partial charge < -0.3 is 14.5 Å². The number of benzene rings is 1. The quantitative estimate of drug-likeness (QED) is 0.578. The summed E-state index contributed by atoms with van der Waals surface area (Å²) in [5.41, 5.74) is 1.28. The van der Waals surface area contributed by atoms with Crippen molar-refractivity contribution in [2.75, 3.05) is 31.2 Å². The molecule has 27 heavy (non-hydrogen) atoms. The lowest BCUT2D eigenvalue weighted by molar-refractivity contribution is 0.0520. The Kier molecular flexibility index (Phi) is 5.83. The molecule has 0 saturated heterocycles. The predicted octanol–water partition coefficient (Wildman–Crippen LogP) is 3.25. The number of aromatic nitrogens is 1.